The highest BCUT2D eigenvalue weighted by atomic mass is 35.5. The monoisotopic (exact) mass is 337 g/mol. The molecule has 0 aliphatic rings. The third kappa shape index (κ3) is 4.94. The van der Waals surface area contributed by atoms with Crippen molar-refractivity contribution in [1.82, 2.24) is 4.72 Å². The summed E-state index contributed by atoms with van der Waals surface area (Å²) in [5.41, 5.74) is -0.167. The highest BCUT2D eigenvalue weighted by Gasteiger charge is 2.21. The van der Waals surface area contributed by atoms with Crippen molar-refractivity contribution < 1.29 is 27.8 Å². The van der Waals surface area contributed by atoms with E-state index >= 15 is 0 Å². The van der Waals surface area contributed by atoms with Crippen LogP contribution in [0.3, 0.4) is 0 Å². The van der Waals surface area contributed by atoms with E-state index in [1.807, 2.05) is 0 Å². The first-order chi connectivity index (χ1) is 9.81. The van der Waals surface area contributed by atoms with Gasteiger partial charge in [0.15, 0.2) is 0 Å². The summed E-state index contributed by atoms with van der Waals surface area (Å²) in [6, 6.07) is 3.46. The Hall–Kier alpha value is -1.19. The molecule has 0 radical (unpaired) electrons. The van der Waals surface area contributed by atoms with Gasteiger partial charge in [-0.2, -0.15) is 0 Å². The summed E-state index contributed by atoms with van der Waals surface area (Å²) in [6.45, 7) is 0.183. The minimum Gasteiger partial charge on any atom is -0.478 e. The molecular weight excluding hydrogens is 322 g/mol. The molecule has 0 saturated carbocycles. The van der Waals surface area contributed by atoms with Gasteiger partial charge in [-0.3, -0.25) is 0 Å². The fraction of sp³-hybridized carbons (Fsp3) is 0.417. The molecule has 0 aliphatic heterocycles. The van der Waals surface area contributed by atoms with E-state index in [9.17, 15) is 13.2 Å². The van der Waals surface area contributed by atoms with Crippen LogP contribution in [-0.4, -0.2) is 53.0 Å². The number of aromatic carboxylic acids is 1. The van der Waals surface area contributed by atoms with Gasteiger partial charge in [0.05, 0.1) is 23.3 Å². The lowest BCUT2D eigenvalue weighted by Crippen LogP contribution is -2.35. The number of benzene rings is 1. The number of hydrogen-bond acceptors (Lipinski definition) is 5. The lowest BCUT2D eigenvalue weighted by Gasteiger charge is -2.15. The number of carbonyl (C=O) groups is 1. The minimum atomic E-state index is -3.95. The van der Waals surface area contributed by atoms with E-state index in [0.29, 0.717) is 0 Å². The summed E-state index contributed by atoms with van der Waals surface area (Å²) >= 11 is 5.83. The third-order valence-electron chi connectivity index (χ3n) is 2.65. The Balaban J connectivity index is 2.97. The second-order valence-electron chi connectivity index (χ2n) is 4.12. The van der Waals surface area contributed by atoms with E-state index in [0.717, 1.165) is 6.07 Å². The molecule has 1 atom stereocenters. The Kier molecular flexibility index (Phi) is 6.56. The Morgan fingerprint density at radius 3 is 2.62 bits per heavy atom. The smallest absolute Gasteiger partial charge is 0.335 e. The molecule has 0 amide bonds. The van der Waals surface area contributed by atoms with Gasteiger partial charge in [-0.15, -0.1) is 0 Å². The highest BCUT2D eigenvalue weighted by Crippen LogP contribution is 2.22. The Morgan fingerprint density at radius 1 is 1.43 bits per heavy atom. The summed E-state index contributed by atoms with van der Waals surface area (Å²) in [5, 5.41) is 8.84. The lowest BCUT2D eigenvalue weighted by atomic mass is 10.2. The van der Waals surface area contributed by atoms with E-state index in [4.69, 9.17) is 26.2 Å². The zero-order valence-corrected chi connectivity index (χ0v) is 13.1. The maximum absolute atomic E-state index is 12.2. The maximum Gasteiger partial charge on any atom is 0.335 e. The van der Waals surface area contributed by atoms with Crippen molar-refractivity contribution >= 4 is 27.6 Å². The third-order valence-corrected chi connectivity index (χ3v) is 4.56. The Bertz CT molecular complexity index is 604. The number of hydrogen-bond donors (Lipinski definition) is 2. The predicted octanol–water partition coefficient (Wildman–Crippen LogP) is 0.978. The molecule has 2 N–H and O–H groups in total. The van der Waals surface area contributed by atoms with Gasteiger partial charge in [-0.25, -0.2) is 17.9 Å². The van der Waals surface area contributed by atoms with Crippen LogP contribution in [0.4, 0.5) is 0 Å². The molecule has 1 aromatic carbocycles. The van der Waals surface area contributed by atoms with Crippen molar-refractivity contribution in [2.24, 2.45) is 0 Å². The topological polar surface area (TPSA) is 102 Å². The molecular formula is C12H16ClNO6S. The second-order valence-corrected chi connectivity index (χ2v) is 6.26. The average Bonchev–Trinajstić information content (AvgIpc) is 2.43. The molecule has 0 spiro atoms. The fourth-order valence-electron chi connectivity index (χ4n) is 1.52. The van der Waals surface area contributed by atoms with Gasteiger partial charge in [0, 0.05) is 20.8 Å². The van der Waals surface area contributed by atoms with Gasteiger partial charge in [0.1, 0.15) is 4.90 Å². The molecule has 1 unspecified atom stereocenters. The molecule has 1 aromatic rings. The van der Waals surface area contributed by atoms with Gasteiger partial charge in [-0.05, 0) is 18.2 Å². The maximum atomic E-state index is 12.2. The summed E-state index contributed by atoms with van der Waals surface area (Å²) in [4.78, 5) is 10.6. The van der Waals surface area contributed by atoms with Crippen molar-refractivity contribution in [1.29, 1.82) is 0 Å². The molecule has 0 heterocycles. The Morgan fingerprint density at radius 2 is 2.10 bits per heavy atom. The number of sulfonamides is 1. The van der Waals surface area contributed by atoms with E-state index < -0.39 is 22.1 Å². The van der Waals surface area contributed by atoms with Gasteiger partial charge in [0.25, 0.3) is 0 Å². The molecule has 21 heavy (non-hydrogen) atoms. The summed E-state index contributed by atoms with van der Waals surface area (Å²) < 4.78 is 36.6. The van der Waals surface area contributed by atoms with Crippen LogP contribution in [0.2, 0.25) is 5.02 Å². The zero-order valence-electron chi connectivity index (χ0n) is 11.5. The SMILES string of the molecule is COCC(CNS(=O)(=O)c1cc(C(=O)O)ccc1Cl)OC. The number of halogens is 1. The number of carboxylic acids is 1. The fourth-order valence-corrected chi connectivity index (χ4v) is 3.11. The van der Waals surface area contributed by atoms with E-state index in [1.54, 1.807) is 0 Å². The first kappa shape index (κ1) is 17.9. The molecule has 9 heteroatoms. The second kappa shape index (κ2) is 7.71. The van der Waals surface area contributed by atoms with Gasteiger partial charge in [0.2, 0.25) is 10.0 Å². The number of carboxylic acid groups (broad SMARTS) is 1. The zero-order chi connectivity index (χ0) is 16.0. The first-order valence-electron chi connectivity index (χ1n) is 5.86. The van der Waals surface area contributed by atoms with Crippen LogP contribution in [0.1, 0.15) is 10.4 Å². The molecule has 0 aliphatic carbocycles. The predicted molar refractivity (Wildman–Crippen MR) is 76.3 cm³/mol. The normalized spacial score (nSPS) is 13.1. The van der Waals surface area contributed by atoms with Gasteiger partial charge >= 0.3 is 5.97 Å². The molecule has 1 rings (SSSR count). The molecule has 0 fully saturated rings. The molecule has 0 bridgehead atoms. The summed E-state index contributed by atoms with van der Waals surface area (Å²) in [5.74, 6) is -1.24. The van der Waals surface area contributed by atoms with Crippen LogP contribution in [0, 0.1) is 0 Å². The van der Waals surface area contributed by atoms with Crippen LogP contribution >= 0.6 is 11.6 Å². The van der Waals surface area contributed by atoms with Crippen LogP contribution < -0.4 is 4.72 Å². The summed E-state index contributed by atoms with van der Waals surface area (Å²) in [7, 11) is -1.06. The largest absolute Gasteiger partial charge is 0.478 e. The lowest BCUT2D eigenvalue weighted by molar-refractivity contribution is 0.0320. The highest BCUT2D eigenvalue weighted by molar-refractivity contribution is 7.89. The van der Waals surface area contributed by atoms with Crippen molar-refractivity contribution in [2.75, 3.05) is 27.4 Å². The van der Waals surface area contributed by atoms with E-state index in [2.05, 4.69) is 4.72 Å². The quantitative estimate of drug-likeness (QED) is 0.733. The molecule has 7 nitrogen and oxygen atoms in total. The average molecular weight is 338 g/mol. The number of methoxy groups -OCH3 is 2. The Labute approximate surface area is 127 Å². The van der Waals surface area contributed by atoms with Gasteiger partial charge in [-0.1, -0.05) is 11.6 Å². The number of ether oxygens (including phenoxy) is 2. The number of nitrogens with one attached hydrogen (secondary N) is 1. The van der Waals surface area contributed by atoms with Crippen LogP contribution in [0.5, 0.6) is 0 Å². The van der Waals surface area contributed by atoms with E-state index in [1.165, 1.54) is 26.4 Å². The van der Waals surface area contributed by atoms with Gasteiger partial charge < -0.3 is 14.6 Å². The van der Waals surface area contributed by atoms with Crippen molar-refractivity contribution in [2.45, 2.75) is 11.0 Å². The molecule has 118 valence electrons. The minimum absolute atomic E-state index is 0.0275. The standard InChI is InChI=1S/C12H16ClNO6S/c1-19-7-9(20-2)6-14-21(17,18)11-5-8(12(15)16)3-4-10(11)13/h3-5,9,14H,6-7H2,1-2H3,(H,15,16). The van der Waals surface area contributed by atoms with E-state index in [-0.39, 0.29) is 28.6 Å². The van der Waals surface area contributed by atoms with Crippen LogP contribution in [-0.2, 0) is 19.5 Å². The van der Waals surface area contributed by atoms with Crippen molar-refractivity contribution in [3.63, 3.8) is 0 Å². The summed E-state index contributed by atoms with van der Waals surface area (Å²) in [6.07, 6.45) is -0.466. The van der Waals surface area contributed by atoms with Crippen molar-refractivity contribution in [3.05, 3.63) is 28.8 Å². The van der Waals surface area contributed by atoms with Crippen LogP contribution in [0.15, 0.2) is 23.1 Å². The van der Waals surface area contributed by atoms with Crippen molar-refractivity contribution in [3.8, 4) is 0 Å². The number of rotatable bonds is 8. The first-order valence-corrected chi connectivity index (χ1v) is 7.72. The van der Waals surface area contributed by atoms with Crippen LogP contribution in [0.25, 0.3) is 0 Å². The molecule has 0 saturated heterocycles. The molecule has 0 aromatic heterocycles.